The third-order valence-electron chi connectivity index (χ3n) is 3.01. The lowest BCUT2D eigenvalue weighted by molar-refractivity contribution is 0.645. The molecule has 19 heavy (non-hydrogen) atoms. The van der Waals surface area contributed by atoms with Gasteiger partial charge in [0.2, 0.25) is 0 Å². The summed E-state index contributed by atoms with van der Waals surface area (Å²) < 4.78 is 1.65. The van der Waals surface area contributed by atoms with E-state index in [-0.39, 0.29) is 0 Å². The fourth-order valence-electron chi connectivity index (χ4n) is 1.91. The van der Waals surface area contributed by atoms with E-state index < -0.39 is 0 Å². The summed E-state index contributed by atoms with van der Waals surface area (Å²) >= 11 is 0. The Labute approximate surface area is 114 Å². The van der Waals surface area contributed by atoms with Crippen LogP contribution in [0, 0.1) is 0 Å². The first-order chi connectivity index (χ1) is 9.40. The van der Waals surface area contributed by atoms with Crippen molar-refractivity contribution in [1.29, 1.82) is 0 Å². The van der Waals surface area contributed by atoms with Gasteiger partial charge in [0.25, 0.3) is 0 Å². The molecule has 2 aromatic rings. The van der Waals surface area contributed by atoms with E-state index in [0.29, 0.717) is 0 Å². The van der Waals surface area contributed by atoms with E-state index in [0.717, 1.165) is 18.1 Å². The Morgan fingerprint density at radius 1 is 1.16 bits per heavy atom. The number of hydrogen-bond acceptors (Lipinski definition) is 4. The van der Waals surface area contributed by atoms with Crippen LogP contribution in [0.4, 0.5) is 5.69 Å². The van der Waals surface area contributed by atoms with E-state index in [2.05, 4.69) is 27.3 Å². The predicted molar refractivity (Wildman–Crippen MR) is 76.4 cm³/mol. The van der Waals surface area contributed by atoms with Crippen LogP contribution in [0.5, 0.6) is 0 Å². The number of rotatable bonds is 8. The molecule has 2 heterocycles. The minimum Gasteiger partial charge on any atom is -0.384 e. The van der Waals surface area contributed by atoms with Crippen LogP contribution in [-0.4, -0.2) is 26.3 Å². The molecule has 0 aromatic carbocycles. The van der Waals surface area contributed by atoms with E-state index in [1.165, 1.54) is 38.4 Å². The van der Waals surface area contributed by atoms with E-state index in [1.807, 2.05) is 18.3 Å². The van der Waals surface area contributed by atoms with E-state index in [4.69, 9.17) is 0 Å². The number of pyridine rings is 1. The minimum atomic E-state index is 0.783. The highest BCUT2D eigenvalue weighted by atomic mass is 15.3. The van der Waals surface area contributed by atoms with Gasteiger partial charge in [0, 0.05) is 6.54 Å². The zero-order valence-electron chi connectivity index (χ0n) is 11.4. The molecule has 0 aliphatic rings. The lowest BCUT2D eigenvalue weighted by Gasteiger charge is -2.06. The fourth-order valence-corrected chi connectivity index (χ4v) is 1.91. The number of anilines is 1. The zero-order valence-corrected chi connectivity index (χ0v) is 11.4. The van der Waals surface area contributed by atoms with Crippen LogP contribution in [-0.2, 0) is 0 Å². The molecule has 0 aliphatic heterocycles. The summed E-state index contributed by atoms with van der Waals surface area (Å²) in [6.45, 7) is 3.24. The van der Waals surface area contributed by atoms with Gasteiger partial charge in [0.15, 0.2) is 5.82 Å². The van der Waals surface area contributed by atoms with Crippen LogP contribution in [0.25, 0.3) is 5.82 Å². The smallest absolute Gasteiger partial charge is 0.155 e. The molecule has 0 bridgehead atoms. The summed E-state index contributed by atoms with van der Waals surface area (Å²) in [4.78, 5) is 8.25. The zero-order chi connectivity index (χ0) is 13.3. The van der Waals surface area contributed by atoms with Crippen molar-refractivity contribution in [1.82, 2.24) is 19.7 Å². The summed E-state index contributed by atoms with van der Waals surface area (Å²) in [6.07, 6.45) is 11.5. The number of nitrogens with zero attached hydrogens (tertiary/aromatic N) is 4. The summed E-state index contributed by atoms with van der Waals surface area (Å²) in [5.74, 6) is 0.783. The number of nitrogens with one attached hydrogen (secondary N) is 1. The Morgan fingerprint density at radius 3 is 2.74 bits per heavy atom. The first-order valence-electron chi connectivity index (χ1n) is 6.95. The maximum absolute atomic E-state index is 4.35. The Balaban J connectivity index is 1.73. The minimum absolute atomic E-state index is 0.783. The summed E-state index contributed by atoms with van der Waals surface area (Å²) in [6, 6.07) is 3.96. The largest absolute Gasteiger partial charge is 0.384 e. The number of hydrogen-bond donors (Lipinski definition) is 1. The highest BCUT2D eigenvalue weighted by Gasteiger charge is 1.98. The fraction of sp³-hybridized carbons (Fsp3) is 0.500. The molecule has 0 radical (unpaired) electrons. The van der Waals surface area contributed by atoms with Crippen LogP contribution < -0.4 is 5.32 Å². The van der Waals surface area contributed by atoms with Gasteiger partial charge in [-0.05, 0) is 18.6 Å². The molecule has 102 valence electrons. The van der Waals surface area contributed by atoms with Gasteiger partial charge in [-0.2, -0.15) is 5.10 Å². The Hall–Kier alpha value is -1.91. The average molecular weight is 259 g/mol. The van der Waals surface area contributed by atoms with Gasteiger partial charge in [0.1, 0.15) is 12.7 Å². The van der Waals surface area contributed by atoms with Crippen LogP contribution in [0.15, 0.2) is 31.0 Å². The molecule has 2 rings (SSSR count). The molecule has 0 saturated heterocycles. The summed E-state index contributed by atoms with van der Waals surface area (Å²) in [7, 11) is 0. The molecular formula is C14H21N5. The van der Waals surface area contributed by atoms with E-state index >= 15 is 0 Å². The maximum atomic E-state index is 4.35. The highest BCUT2D eigenvalue weighted by molar-refractivity contribution is 5.43. The van der Waals surface area contributed by atoms with Crippen molar-refractivity contribution >= 4 is 5.69 Å². The molecule has 0 aliphatic carbocycles. The first-order valence-corrected chi connectivity index (χ1v) is 6.95. The second-order valence-electron chi connectivity index (χ2n) is 4.59. The Bertz CT molecular complexity index is 449. The van der Waals surface area contributed by atoms with Gasteiger partial charge in [-0.3, -0.25) is 0 Å². The van der Waals surface area contributed by atoms with Crippen molar-refractivity contribution < 1.29 is 0 Å². The maximum Gasteiger partial charge on any atom is 0.155 e. The number of aromatic nitrogens is 4. The molecular weight excluding hydrogens is 238 g/mol. The molecule has 5 heteroatoms. The third kappa shape index (κ3) is 4.35. The van der Waals surface area contributed by atoms with Crippen LogP contribution in [0.3, 0.4) is 0 Å². The second kappa shape index (κ2) is 7.51. The van der Waals surface area contributed by atoms with Crippen molar-refractivity contribution in [2.24, 2.45) is 0 Å². The van der Waals surface area contributed by atoms with Gasteiger partial charge in [0.05, 0.1) is 11.9 Å². The van der Waals surface area contributed by atoms with Crippen molar-refractivity contribution in [2.45, 2.75) is 39.0 Å². The summed E-state index contributed by atoms with van der Waals surface area (Å²) in [5, 5.41) is 7.43. The van der Waals surface area contributed by atoms with Crippen molar-refractivity contribution in [3.8, 4) is 5.82 Å². The third-order valence-corrected chi connectivity index (χ3v) is 3.01. The monoisotopic (exact) mass is 259 g/mol. The Kier molecular flexibility index (Phi) is 5.34. The van der Waals surface area contributed by atoms with Crippen LogP contribution in [0.1, 0.15) is 39.0 Å². The Morgan fingerprint density at radius 2 is 2.05 bits per heavy atom. The molecule has 0 fully saturated rings. The standard InChI is InChI=1S/C14H21N5/c1-2-3-4-5-6-9-16-13-7-8-14(17-10-13)19-12-15-11-18-19/h7-8,10-12,16H,2-6,9H2,1H3. The highest BCUT2D eigenvalue weighted by Crippen LogP contribution is 2.09. The van der Waals surface area contributed by atoms with Crippen molar-refractivity contribution in [3.05, 3.63) is 31.0 Å². The quantitative estimate of drug-likeness (QED) is 0.740. The molecule has 0 unspecified atom stereocenters. The van der Waals surface area contributed by atoms with Crippen molar-refractivity contribution in [2.75, 3.05) is 11.9 Å². The van der Waals surface area contributed by atoms with Gasteiger partial charge < -0.3 is 5.32 Å². The average Bonchev–Trinajstić information content (AvgIpc) is 2.97. The van der Waals surface area contributed by atoms with Gasteiger partial charge in [-0.25, -0.2) is 14.6 Å². The molecule has 0 amide bonds. The van der Waals surface area contributed by atoms with Crippen LogP contribution in [0.2, 0.25) is 0 Å². The van der Waals surface area contributed by atoms with E-state index in [9.17, 15) is 0 Å². The predicted octanol–water partition coefficient (Wildman–Crippen LogP) is 3.04. The summed E-state index contributed by atoms with van der Waals surface area (Å²) in [5.41, 5.74) is 1.05. The second-order valence-corrected chi connectivity index (χ2v) is 4.59. The van der Waals surface area contributed by atoms with Crippen molar-refractivity contribution in [3.63, 3.8) is 0 Å². The van der Waals surface area contributed by atoms with Crippen LogP contribution >= 0.6 is 0 Å². The molecule has 5 nitrogen and oxygen atoms in total. The lowest BCUT2D eigenvalue weighted by atomic mass is 10.1. The molecule has 0 atom stereocenters. The first kappa shape index (κ1) is 13.5. The number of unbranched alkanes of at least 4 members (excludes halogenated alkanes) is 4. The molecule has 1 N–H and O–H groups in total. The SMILES string of the molecule is CCCCCCCNc1ccc(-n2cncn2)nc1. The normalized spacial score (nSPS) is 10.6. The van der Waals surface area contributed by atoms with Gasteiger partial charge in [-0.15, -0.1) is 0 Å². The molecule has 0 saturated carbocycles. The van der Waals surface area contributed by atoms with Gasteiger partial charge in [-0.1, -0.05) is 32.6 Å². The van der Waals surface area contributed by atoms with E-state index in [1.54, 1.807) is 11.0 Å². The molecule has 0 spiro atoms. The lowest BCUT2D eigenvalue weighted by Crippen LogP contribution is -2.03. The topological polar surface area (TPSA) is 55.6 Å². The van der Waals surface area contributed by atoms with Gasteiger partial charge >= 0.3 is 0 Å². The molecule has 2 aromatic heterocycles.